The van der Waals surface area contributed by atoms with Crippen LogP contribution in [0.1, 0.15) is 31.9 Å². The summed E-state index contributed by atoms with van der Waals surface area (Å²) in [5.41, 5.74) is 7.97. The van der Waals surface area contributed by atoms with Gasteiger partial charge in [0, 0.05) is 13.0 Å². The van der Waals surface area contributed by atoms with Crippen LogP contribution in [0.2, 0.25) is 0 Å². The Morgan fingerprint density at radius 2 is 2.19 bits per heavy atom. The average molecular weight is 219 g/mol. The smallest absolute Gasteiger partial charge is 0.308 e. The van der Waals surface area contributed by atoms with Gasteiger partial charge in [-0.1, -0.05) is 17.7 Å². The zero-order valence-electron chi connectivity index (χ0n) is 9.69. The fraction of sp³-hybridized carbons (Fsp3) is 0.308. The molecule has 1 aromatic carbocycles. The molecule has 1 aromatic rings. The molecule has 0 spiro atoms. The van der Waals surface area contributed by atoms with Crippen LogP contribution in [0.4, 0.5) is 0 Å². The van der Waals surface area contributed by atoms with Crippen LogP contribution in [0.15, 0.2) is 36.4 Å². The second kappa shape index (κ2) is 5.47. The van der Waals surface area contributed by atoms with Crippen LogP contribution in [0.5, 0.6) is 5.75 Å². The Balaban J connectivity index is 2.80. The number of carbonyl (C=O) groups excluding carboxylic acids is 1. The molecule has 16 heavy (non-hydrogen) atoms. The zero-order valence-corrected chi connectivity index (χ0v) is 9.69. The van der Waals surface area contributed by atoms with Crippen molar-refractivity contribution in [3.63, 3.8) is 0 Å². The van der Waals surface area contributed by atoms with E-state index < -0.39 is 0 Å². The summed E-state index contributed by atoms with van der Waals surface area (Å²) >= 11 is 0. The lowest BCUT2D eigenvalue weighted by molar-refractivity contribution is -0.131. The lowest BCUT2D eigenvalue weighted by Gasteiger charge is -2.12. The Hall–Kier alpha value is -1.61. The van der Waals surface area contributed by atoms with Crippen molar-refractivity contribution in [1.82, 2.24) is 0 Å². The van der Waals surface area contributed by atoms with Crippen molar-refractivity contribution in [3.8, 4) is 5.75 Å². The monoisotopic (exact) mass is 219 g/mol. The molecule has 0 amide bonds. The van der Waals surface area contributed by atoms with Gasteiger partial charge < -0.3 is 10.5 Å². The highest BCUT2D eigenvalue weighted by molar-refractivity contribution is 5.69. The second-order valence-electron chi connectivity index (χ2n) is 3.93. The lowest BCUT2D eigenvalue weighted by atomic mass is 10.0. The van der Waals surface area contributed by atoms with Crippen LogP contribution in [0.25, 0.3) is 0 Å². The van der Waals surface area contributed by atoms with E-state index in [1.165, 1.54) is 6.92 Å². The Kier molecular flexibility index (Phi) is 4.26. The van der Waals surface area contributed by atoms with Crippen molar-refractivity contribution in [2.75, 3.05) is 0 Å². The molecule has 0 aromatic heterocycles. The van der Waals surface area contributed by atoms with Gasteiger partial charge in [-0.2, -0.15) is 0 Å². The topological polar surface area (TPSA) is 52.3 Å². The first-order valence-corrected chi connectivity index (χ1v) is 5.17. The second-order valence-corrected chi connectivity index (χ2v) is 3.93. The van der Waals surface area contributed by atoms with Crippen molar-refractivity contribution in [2.24, 2.45) is 5.73 Å². The molecule has 0 heterocycles. The highest BCUT2D eigenvalue weighted by Gasteiger charge is 2.07. The summed E-state index contributed by atoms with van der Waals surface area (Å²) in [5.74, 6) is 0.202. The SMILES string of the molecule is C=C(C)C[C@H](N)c1cccc(OC(C)=O)c1. The van der Waals surface area contributed by atoms with Gasteiger partial charge in [-0.05, 0) is 31.0 Å². The highest BCUT2D eigenvalue weighted by Crippen LogP contribution is 2.22. The largest absolute Gasteiger partial charge is 0.427 e. The first-order valence-electron chi connectivity index (χ1n) is 5.17. The average Bonchev–Trinajstić information content (AvgIpc) is 2.16. The standard InChI is InChI=1S/C13H17NO2/c1-9(2)7-13(14)11-5-4-6-12(8-11)16-10(3)15/h4-6,8,13H,1,7,14H2,2-3H3/t13-/m0/s1. The number of hydrogen-bond acceptors (Lipinski definition) is 3. The van der Waals surface area contributed by atoms with Crippen molar-refractivity contribution < 1.29 is 9.53 Å². The number of hydrogen-bond donors (Lipinski definition) is 1. The molecule has 0 aliphatic heterocycles. The molecule has 2 N–H and O–H groups in total. The maximum Gasteiger partial charge on any atom is 0.308 e. The molecule has 0 saturated heterocycles. The summed E-state index contributed by atoms with van der Waals surface area (Å²) in [5, 5.41) is 0. The summed E-state index contributed by atoms with van der Waals surface area (Å²) in [4.78, 5) is 10.8. The number of carbonyl (C=O) groups is 1. The number of benzene rings is 1. The van der Waals surface area contributed by atoms with E-state index in [9.17, 15) is 4.79 Å². The molecule has 1 rings (SSSR count). The van der Waals surface area contributed by atoms with Crippen LogP contribution >= 0.6 is 0 Å². The predicted octanol–water partition coefficient (Wildman–Crippen LogP) is 2.58. The van der Waals surface area contributed by atoms with Gasteiger partial charge in [-0.25, -0.2) is 0 Å². The van der Waals surface area contributed by atoms with E-state index >= 15 is 0 Å². The van der Waals surface area contributed by atoms with Gasteiger partial charge in [0.25, 0.3) is 0 Å². The minimum absolute atomic E-state index is 0.104. The molecule has 1 atom stereocenters. The third kappa shape index (κ3) is 3.87. The van der Waals surface area contributed by atoms with Crippen molar-refractivity contribution in [3.05, 3.63) is 42.0 Å². The van der Waals surface area contributed by atoms with Gasteiger partial charge in [0.15, 0.2) is 0 Å². The third-order valence-electron chi connectivity index (χ3n) is 2.12. The fourth-order valence-corrected chi connectivity index (χ4v) is 1.47. The third-order valence-corrected chi connectivity index (χ3v) is 2.12. The lowest BCUT2D eigenvalue weighted by Crippen LogP contribution is -2.11. The van der Waals surface area contributed by atoms with Gasteiger partial charge in [-0.3, -0.25) is 4.79 Å². The molecule has 0 unspecified atom stereocenters. The van der Waals surface area contributed by atoms with Gasteiger partial charge in [0.05, 0.1) is 0 Å². The van der Waals surface area contributed by atoms with Gasteiger partial charge >= 0.3 is 5.97 Å². The maximum atomic E-state index is 10.8. The Labute approximate surface area is 95.9 Å². The number of rotatable bonds is 4. The van der Waals surface area contributed by atoms with Crippen LogP contribution in [-0.2, 0) is 4.79 Å². The van der Waals surface area contributed by atoms with Crippen LogP contribution in [-0.4, -0.2) is 5.97 Å². The maximum absolute atomic E-state index is 10.8. The van der Waals surface area contributed by atoms with E-state index in [1.807, 2.05) is 19.1 Å². The van der Waals surface area contributed by atoms with E-state index in [0.29, 0.717) is 5.75 Å². The van der Waals surface area contributed by atoms with E-state index in [1.54, 1.807) is 12.1 Å². The van der Waals surface area contributed by atoms with Crippen molar-refractivity contribution in [1.29, 1.82) is 0 Å². The van der Waals surface area contributed by atoms with E-state index in [4.69, 9.17) is 10.5 Å². The Bertz CT molecular complexity index is 399. The molecule has 86 valence electrons. The summed E-state index contributed by atoms with van der Waals surface area (Å²) in [6, 6.07) is 7.16. The summed E-state index contributed by atoms with van der Waals surface area (Å²) in [6.45, 7) is 7.14. The number of ether oxygens (including phenoxy) is 1. The first-order chi connectivity index (χ1) is 7.49. The molecule has 3 heteroatoms. The van der Waals surface area contributed by atoms with Crippen LogP contribution in [0, 0.1) is 0 Å². The van der Waals surface area contributed by atoms with Gasteiger partial charge in [0.2, 0.25) is 0 Å². The van der Waals surface area contributed by atoms with E-state index in [2.05, 4.69) is 6.58 Å². The van der Waals surface area contributed by atoms with E-state index in [0.717, 1.165) is 17.6 Å². The number of nitrogens with two attached hydrogens (primary N) is 1. The van der Waals surface area contributed by atoms with Crippen LogP contribution in [0.3, 0.4) is 0 Å². The van der Waals surface area contributed by atoms with Crippen molar-refractivity contribution >= 4 is 5.97 Å². The van der Waals surface area contributed by atoms with Gasteiger partial charge in [0.1, 0.15) is 5.75 Å². The molecule has 0 fully saturated rings. The Morgan fingerprint density at radius 1 is 1.50 bits per heavy atom. The zero-order chi connectivity index (χ0) is 12.1. The molecular weight excluding hydrogens is 202 g/mol. The van der Waals surface area contributed by atoms with Gasteiger partial charge in [-0.15, -0.1) is 6.58 Å². The first kappa shape index (κ1) is 12.5. The Morgan fingerprint density at radius 3 is 2.75 bits per heavy atom. The molecule has 0 aliphatic rings. The summed E-state index contributed by atoms with van der Waals surface area (Å²) in [6.07, 6.45) is 0.726. The quantitative estimate of drug-likeness (QED) is 0.481. The molecule has 0 aliphatic carbocycles. The minimum atomic E-state index is -0.328. The number of esters is 1. The summed E-state index contributed by atoms with van der Waals surface area (Å²) < 4.78 is 4.99. The molecular formula is C13H17NO2. The van der Waals surface area contributed by atoms with E-state index in [-0.39, 0.29) is 12.0 Å². The van der Waals surface area contributed by atoms with Crippen molar-refractivity contribution in [2.45, 2.75) is 26.3 Å². The molecule has 3 nitrogen and oxygen atoms in total. The predicted molar refractivity (Wildman–Crippen MR) is 64.1 cm³/mol. The fourth-order valence-electron chi connectivity index (χ4n) is 1.47. The molecule has 0 saturated carbocycles. The molecule has 0 radical (unpaired) electrons. The van der Waals surface area contributed by atoms with Crippen LogP contribution < -0.4 is 10.5 Å². The highest BCUT2D eigenvalue weighted by atomic mass is 16.5. The molecule has 0 bridgehead atoms. The summed E-state index contributed by atoms with van der Waals surface area (Å²) in [7, 11) is 0. The minimum Gasteiger partial charge on any atom is -0.427 e. The normalized spacial score (nSPS) is 11.9.